The van der Waals surface area contributed by atoms with E-state index in [1.807, 2.05) is 0 Å². The number of carboxylic acid groups (broad SMARTS) is 1. The maximum absolute atomic E-state index is 11.5. The molecule has 17 heavy (non-hydrogen) atoms. The molecule has 6 heteroatoms. The van der Waals surface area contributed by atoms with Crippen molar-refractivity contribution in [1.29, 1.82) is 0 Å². The average molecular weight is 244 g/mol. The number of carboxylic acids is 1. The average Bonchev–Trinajstić information content (AvgIpc) is 2.57. The van der Waals surface area contributed by atoms with Crippen molar-refractivity contribution in [3.05, 3.63) is 0 Å². The fourth-order valence-electron chi connectivity index (χ4n) is 2.02. The number of nitrogens with one attached hydrogen (secondary N) is 2. The number of hydrogen-bond donors (Lipinski definition) is 4. The smallest absolute Gasteiger partial charge is 0.334 e. The van der Waals surface area contributed by atoms with Crippen LogP contribution in [-0.2, 0) is 4.79 Å². The topological polar surface area (TPSA) is 98.7 Å². The monoisotopic (exact) mass is 244 g/mol. The largest absolute Gasteiger partial charge is 0.479 e. The van der Waals surface area contributed by atoms with Gasteiger partial charge in [-0.3, -0.25) is 0 Å². The Morgan fingerprint density at radius 2 is 1.71 bits per heavy atom. The first-order valence-electron chi connectivity index (χ1n) is 5.56. The lowest BCUT2D eigenvalue weighted by molar-refractivity contribution is -0.146. The van der Waals surface area contributed by atoms with E-state index in [9.17, 15) is 9.59 Å². The molecule has 6 nitrogen and oxygen atoms in total. The summed E-state index contributed by atoms with van der Waals surface area (Å²) in [6.07, 6.45) is -1.57. The van der Waals surface area contributed by atoms with Crippen LogP contribution in [0.25, 0.3) is 0 Å². The first-order chi connectivity index (χ1) is 7.60. The van der Waals surface area contributed by atoms with Gasteiger partial charge in [-0.05, 0) is 10.8 Å². The molecule has 0 saturated heterocycles. The van der Waals surface area contributed by atoms with Crippen LogP contribution in [0.2, 0.25) is 0 Å². The molecule has 1 unspecified atom stereocenters. The molecule has 1 atom stereocenters. The SMILES string of the molecule is CC1(C)C(NC(=O)NCC(O)C(=O)O)C1(C)C. The molecule has 0 aromatic rings. The Morgan fingerprint density at radius 3 is 2.06 bits per heavy atom. The molecule has 2 amide bonds. The van der Waals surface area contributed by atoms with Crippen molar-refractivity contribution < 1.29 is 19.8 Å². The zero-order valence-electron chi connectivity index (χ0n) is 10.6. The summed E-state index contributed by atoms with van der Waals surface area (Å²) in [6.45, 7) is 7.94. The first kappa shape index (κ1) is 13.8. The molecule has 1 saturated carbocycles. The van der Waals surface area contributed by atoms with Crippen LogP contribution in [0.4, 0.5) is 4.79 Å². The molecule has 1 aliphatic carbocycles. The van der Waals surface area contributed by atoms with Crippen molar-refractivity contribution >= 4 is 12.0 Å². The molecule has 0 radical (unpaired) electrons. The number of rotatable bonds is 4. The summed E-state index contributed by atoms with van der Waals surface area (Å²) in [5, 5.41) is 22.5. The van der Waals surface area contributed by atoms with E-state index in [0.29, 0.717) is 0 Å². The van der Waals surface area contributed by atoms with E-state index in [1.54, 1.807) is 0 Å². The molecule has 0 heterocycles. The number of amides is 2. The molecular formula is C11H20N2O4. The number of carbonyl (C=O) groups is 2. The van der Waals surface area contributed by atoms with Crippen molar-refractivity contribution in [2.24, 2.45) is 10.8 Å². The Hall–Kier alpha value is -1.30. The Balaban J connectivity index is 2.36. The summed E-state index contributed by atoms with van der Waals surface area (Å²) in [6, 6.07) is -0.397. The zero-order chi connectivity index (χ0) is 13.4. The molecule has 0 aromatic heterocycles. The maximum atomic E-state index is 11.5. The van der Waals surface area contributed by atoms with E-state index in [1.165, 1.54) is 0 Å². The highest BCUT2D eigenvalue weighted by Crippen LogP contribution is 2.62. The fourth-order valence-corrected chi connectivity index (χ4v) is 2.02. The minimum atomic E-state index is -1.57. The second kappa shape index (κ2) is 4.18. The molecular weight excluding hydrogens is 224 g/mol. The minimum absolute atomic E-state index is 0.0236. The van der Waals surface area contributed by atoms with Gasteiger partial charge in [0.25, 0.3) is 0 Å². The highest BCUT2D eigenvalue weighted by molar-refractivity contribution is 5.77. The van der Waals surface area contributed by atoms with Crippen LogP contribution in [0.1, 0.15) is 27.7 Å². The van der Waals surface area contributed by atoms with Gasteiger partial charge in [0.1, 0.15) is 0 Å². The van der Waals surface area contributed by atoms with Gasteiger partial charge in [0.05, 0.1) is 6.54 Å². The number of aliphatic carboxylic acids is 1. The van der Waals surface area contributed by atoms with Crippen LogP contribution in [0.3, 0.4) is 0 Å². The molecule has 0 aromatic carbocycles. The van der Waals surface area contributed by atoms with Crippen LogP contribution >= 0.6 is 0 Å². The van der Waals surface area contributed by atoms with E-state index in [0.717, 1.165) is 0 Å². The summed E-state index contributed by atoms with van der Waals surface area (Å²) >= 11 is 0. The van der Waals surface area contributed by atoms with E-state index in [4.69, 9.17) is 10.2 Å². The minimum Gasteiger partial charge on any atom is -0.479 e. The maximum Gasteiger partial charge on any atom is 0.334 e. The molecule has 98 valence electrons. The van der Waals surface area contributed by atoms with Gasteiger partial charge in [0, 0.05) is 6.04 Å². The number of aliphatic hydroxyl groups is 1. The zero-order valence-corrected chi connectivity index (χ0v) is 10.6. The Morgan fingerprint density at radius 1 is 1.24 bits per heavy atom. The van der Waals surface area contributed by atoms with Crippen molar-refractivity contribution in [3.63, 3.8) is 0 Å². The van der Waals surface area contributed by atoms with Crippen LogP contribution in [0.15, 0.2) is 0 Å². The van der Waals surface area contributed by atoms with Gasteiger partial charge in [-0.2, -0.15) is 0 Å². The second-order valence-electron chi connectivity index (χ2n) is 5.58. The van der Waals surface area contributed by atoms with Gasteiger partial charge in [0.15, 0.2) is 6.10 Å². The van der Waals surface area contributed by atoms with Gasteiger partial charge in [-0.25, -0.2) is 9.59 Å². The quantitative estimate of drug-likeness (QED) is 0.566. The third-order valence-corrected chi connectivity index (χ3v) is 4.04. The number of aliphatic hydroxyl groups excluding tert-OH is 1. The number of carbonyl (C=O) groups excluding carboxylic acids is 1. The Kier molecular flexibility index (Phi) is 3.38. The predicted molar refractivity (Wildman–Crippen MR) is 61.5 cm³/mol. The highest BCUT2D eigenvalue weighted by atomic mass is 16.4. The summed E-state index contributed by atoms with van der Waals surface area (Å²) in [5.41, 5.74) is 0.0471. The summed E-state index contributed by atoms with van der Waals surface area (Å²) in [4.78, 5) is 21.8. The van der Waals surface area contributed by atoms with Gasteiger partial charge in [0.2, 0.25) is 0 Å². The van der Waals surface area contributed by atoms with E-state index < -0.39 is 18.1 Å². The van der Waals surface area contributed by atoms with Crippen LogP contribution in [0, 0.1) is 10.8 Å². The lowest BCUT2D eigenvalue weighted by atomic mass is 10.0. The van der Waals surface area contributed by atoms with Gasteiger partial charge in [-0.15, -0.1) is 0 Å². The molecule has 1 fully saturated rings. The third-order valence-electron chi connectivity index (χ3n) is 4.04. The fraction of sp³-hybridized carbons (Fsp3) is 0.818. The molecule has 1 aliphatic rings. The van der Waals surface area contributed by atoms with Gasteiger partial charge < -0.3 is 20.8 Å². The summed E-state index contributed by atoms with van der Waals surface area (Å²) < 4.78 is 0. The Bertz CT molecular complexity index is 324. The van der Waals surface area contributed by atoms with Crippen LogP contribution < -0.4 is 10.6 Å². The molecule has 0 aliphatic heterocycles. The third kappa shape index (κ3) is 2.52. The molecule has 1 rings (SSSR count). The lowest BCUT2D eigenvalue weighted by Gasteiger charge is -2.10. The van der Waals surface area contributed by atoms with Crippen molar-refractivity contribution in [1.82, 2.24) is 10.6 Å². The summed E-state index contributed by atoms with van der Waals surface area (Å²) in [7, 11) is 0. The lowest BCUT2D eigenvalue weighted by Crippen LogP contribution is -2.44. The molecule has 0 spiro atoms. The van der Waals surface area contributed by atoms with Gasteiger partial charge in [-0.1, -0.05) is 27.7 Å². The van der Waals surface area contributed by atoms with E-state index >= 15 is 0 Å². The van der Waals surface area contributed by atoms with Crippen molar-refractivity contribution in [2.75, 3.05) is 6.54 Å². The van der Waals surface area contributed by atoms with E-state index in [2.05, 4.69) is 38.3 Å². The van der Waals surface area contributed by atoms with E-state index in [-0.39, 0.29) is 23.4 Å². The number of hydrogen-bond acceptors (Lipinski definition) is 3. The number of urea groups is 1. The second-order valence-corrected chi connectivity index (χ2v) is 5.58. The van der Waals surface area contributed by atoms with Crippen LogP contribution in [-0.4, -0.2) is 40.9 Å². The van der Waals surface area contributed by atoms with Gasteiger partial charge >= 0.3 is 12.0 Å². The normalized spacial score (nSPS) is 22.6. The standard InChI is InChI=1S/C11H20N2O4/c1-10(2)8(11(10,3)4)13-9(17)12-5-6(14)7(15)16/h6,8,14H,5H2,1-4H3,(H,15,16)(H2,12,13,17). The van der Waals surface area contributed by atoms with Crippen molar-refractivity contribution in [2.45, 2.75) is 39.8 Å². The highest BCUT2D eigenvalue weighted by Gasteiger charge is 2.65. The molecule has 4 N–H and O–H groups in total. The molecule has 0 bridgehead atoms. The summed E-state index contributed by atoms with van der Waals surface area (Å²) in [5.74, 6) is -1.35. The first-order valence-corrected chi connectivity index (χ1v) is 5.56. The van der Waals surface area contributed by atoms with Crippen LogP contribution in [0.5, 0.6) is 0 Å². The van der Waals surface area contributed by atoms with Crippen molar-refractivity contribution in [3.8, 4) is 0 Å². The Labute approximate surface area is 100 Å². The predicted octanol–water partition coefficient (Wildman–Crippen LogP) is 0.166.